The molecule has 190 valence electrons. The minimum atomic E-state index is -1.41. The lowest BCUT2D eigenvalue weighted by molar-refractivity contribution is -0.124. The summed E-state index contributed by atoms with van der Waals surface area (Å²) in [5, 5.41) is 21.0. The Bertz CT molecular complexity index is 1230. The number of hydrogen-bond acceptors (Lipinski definition) is 6. The topological polar surface area (TPSA) is 132 Å². The van der Waals surface area contributed by atoms with E-state index in [0.29, 0.717) is 11.5 Å². The van der Waals surface area contributed by atoms with Crippen LogP contribution < -0.4 is 16.4 Å². The first-order valence-corrected chi connectivity index (χ1v) is 11.8. The fraction of sp³-hybridized carbons (Fsp3) is 0.179. The van der Waals surface area contributed by atoms with E-state index in [-0.39, 0.29) is 13.0 Å². The van der Waals surface area contributed by atoms with Gasteiger partial charge in [0, 0.05) is 13.5 Å². The maximum absolute atomic E-state index is 12.7. The van der Waals surface area contributed by atoms with Crippen molar-refractivity contribution in [3.05, 3.63) is 114 Å². The molecule has 0 spiro atoms. The van der Waals surface area contributed by atoms with Gasteiger partial charge in [0.05, 0.1) is 12.8 Å². The van der Waals surface area contributed by atoms with Crippen LogP contribution in [0.25, 0.3) is 0 Å². The quantitative estimate of drug-likeness (QED) is 0.247. The van der Waals surface area contributed by atoms with Crippen LogP contribution in [0.15, 0.2) is 97.2 Å². The summed E-state index contributed by atoms with van der Waals surface area (Å²) in [6, 6.07) is 30.0. The van der Waals surface area contributed by atoms with Crippen LogP contribution in [-0.2, 0) is 22.1 Å². The van der Waals surface area contributed by atoms with Gasteiger partial charge in [0.15, 0.2) is 0 Å². The Morgan fingerprint density at radius 3 is 1.89 bits per heavy atom. The summed E-state index contributed by atoms with van der Waals surface area (Å²) in [5.41, 5.74) is 7.43. The molecule has 0 radical (unpaired) electrons. The van der Waals surface area contributed by atoms with Crippen LogP contribution in [-0.4, -0.2) is 39.6 Å². The Kier molecular flexibility index (Phi) is 7.85. The fourth-order valence-corrected chi connectivity index (χ4v) is 4.25. The van der Waals surface area contributed by atoms with Gasteiger partial charge in [-0.2, -0.15) is 5.10 Å². The maximum atomic E-state index is 12.7. The van der Waals surface area contributed by atoms with Crippen molar-refractivity contribution in [1.82, 2.24) is 9.78 Å². The molecule has 0 aliphatic carbocycles. The number of primary amides is 1. The number of nitrogens with one attached hydrogen (secondary N) is 2. The zero-order valence-corrected chi connectivity index (χ0v) is 20.4. The van der Waals surface area contributed by atoms with E-state index in [1.54, 1.807) is 11.7 Å². The predicted molar refractivity (Wildman–Crippen MR) is 141 cm³/mol. The summed E-state index contributed by atoms with van der Waals surface area (Å²) in [6.07, 6.45) is -0.960. The Morgan fingerprint density at radius 1 is 0.946 bits per heavy atom. The van der Waals surface area contributed by atoms with Crippen molar-refractivity contribution in [2.24, 2.45) is 12.8 Å². The molecule has 37 heavy (non-hydrogen) atoms. The number of amides is 2. The van der Waals surface area contributed by atoms with Crippen molar-refractivity contribution in [3.63, 3.8) is 0 Å². The molecule has 0 aliphatic rings. The van der Waals surface area contributed by atoms with E-state index in [9.17, 15) is 14.7 Å². The largest absolute Gasteiger partial charge is 0.450 e. The van der Waals surface area contributed by atoms with Gasteiger partial charge in [-0.05, 0) is 16.7 Å². The lowest BCUT2D eigenvalue weighted by Crippen LogP contribution is -2.39. The number of nitrogens with zero attached hydrogens (tertiary/aromatic N) is 2. The number of anilines is 2. The Morgan fingerprint density at radius 2 is 1.43 bits per heavy atom. The number of aliphatic hydroxyl groups is 1. The number of carbonyl (C=O) groups is 2. The van der Waals surface area contributed by atoms with E-state index < -0.39 is 23.6 Å². The second-order valence-corrected chi connectivity index (χ2v) is 8.46. The molecule has 1 heterocycles. The van der Waals surface area contributed by atoms with Crippen LogP contribution in [0.1, 0.15) is 23.1 Å². The minimum absolute atomic E-state index is 0.0974. The van der Waals surface area contributed by atoms with E-state index in [4.69, 9.17) is 5.73 Å². The highest BCUT2D eigenvalue weighted by Crippen LogP contribution is 2.41. The van der Waals surface area contributed by atoms with Gasteiger partial charge in [0.25, 0.3) is 5.91 Å². The number of aryl methyl sites for hydroxylation is 1. The van der Waals surface area contributed by atoms with Crippen molar-refractivity contribution in [2.45, 2.75) is 18.1 Å². The molecule has 0 saturated heterocycles. The molecular weight excluding hydrogens is 470 g/mol. The molecule has 0 fully saturated rings. The minimum Gasteiger partial charge on any atom is -0.450 e. The smallest absolute Gasteiger partial charge is 0.404 e. The number of aliphatic hydroxyl groups excluding tert-OH is 1. The zero-order chi connectivity index (χ0) is 26.3. The van der Waals surface area contributed by atoms with Crippen LogP contribution in [0, 0.1) is 0 Å². The number of rotatable bonds is 10. The summed E-state index contributed by atoms with van der Waals surface area (Å²) in [4.78, 5) is 23.5. The van der Waals surface area contributed by atoms with Crippen LogP contribution >= 0.6 is 0 Å². The maximum Gasteiger partial charge on any atom is 0.404 e. The van der Waals surface area contributed by atoms with Crippen molar-refractivity contribution >= 4 is 23.5 Å². The van der Waals surface area contributed by atoms with Gasteiger partial charge in [-0.15, -0.1) is 0 Å². The van der Waals surface area contributed by atoms with Crippen LogP contribution in [0.5, 0.6) is 0 Å². The normalized spacial score (nSPS) is 11.9. The molecule has 4 aromatic rings. The average Bonchev–Trinajstić information content (AvgIpc) is 3.26. The lowest BCUT2D eigenvalue weighted by atomic mass is 9.77. The highest BCUT2D eigenvalue weighted by Gasteiger charge is 2.38. The molecule has 3 aromatic carbocycles. The molecule has 9 heteroatoms. The predicted octanol–water partition coefficient (Wildman–Crippen LogP) is 3.61. The van der Waals surface area contributed by atoms with Crippen molar-refractivity contribution in [1.29, 1.82) is 0 Å². The van der Waals surface area contributed by atoms with Gasteiger partial charge in [0.2, 0.25) is 0 Å². The number of benzene rings is 3. The number of aromatic nitrogens is 2. The van der Waals surface area contributed by atoms with Crippen molar-refractivity contribution < 1.29 is 19.4 Å². The highest BCUT2D eigenvalue weighted by molar-refractivity contribution is 5.96. The first kappa shape index (κ1) is 25.5. The van der Waals surface area contributed by atoms with Crippen LogP contribution in [0.3, 0.4) is 0 Å². The Labute approximate surface area is 214 Å². The highest BCUT2D eigenvalue weighted by atomic mass is 16.5. The van der Waals surface area contributed by atoms with Gasteiger partial charge < -0.3 is 26.2 Å². The molecule has 0 aliphatic heterocycles. The van der Waals surface area contributed by atoms with Crippen molar-refractivity contribution in [2.75, 3.05) is 17.2 Å². The summed E-state index contributed by atoms with van der Waals surface area (Å²) >= 11 is 0. The third-order valence-electron chi connectivity index (χ3n) is 6.06. The molecule has 9 nitrogen and oxygen atoms in total. The number of carbonyl (C=O) groups excluding carboxylic acids is 2. The van der Waals surface area contributed by atoms with Gasteiger partial charge in [-0.1, -0.05) is 91.0 Å². The van der Waals surface area contributed by atoms with E-state index in [1.165, 1.54) is 6.20 Å². The number of ether oxygens (including phenoxy) is 1. The Hall–Kier alpha value is -4.63. The second-order valence-electron chi connectivity index (χ2n) is 8.46. The van der Waals surface area contributed by atoms with Crippen LogP contribution in [0.4, 0.5) is 16.3 Å². The molecule has 0 bridgehead atoms. The van der Waals surface area contributed by atoms with E-state index in [1.807, 2.05) is 91.0 Å². The standard InChI is InChI=1S/C28H29N5O4/c1-33-25(23(19-30-33)31-26(35)24(34)17-18-37-27(29)36)32-28(20-11-5-2-6-12-20,21-13-7-3-8-14-21)22-15-9-4-10-16-22/h2-16,19,24,32,34H,17-18H2,1H3,(H2,29,36)(H,31,35)/t24-/m0/s1. The zero-order valence-electron chi connectivity index (χ0n) is 20.4. The monoisotopic (exact) mass is 499 g/mol. The lowest BCUT2D eigenvalue weighted by Gasteiger charge is -2.38. The van der Waals surface area contributed by atoms with Crippen LogP contribution in [0.2, 0.25) is 0 Å². The summed E-state index contributed by atoms with van der Waals surface area (Å²) in [5.74, 6) is -0.126. The fourth-order valence-electron chi connectivity index (χ4n) is 4.25. The molecular formula is C28H29N5O4. The first-order valence-electron chi connectivity index (χ1n) is 11.8. The second kappa shape index (κ2) is 11.4. The molecule has 0 unspecified atom stereocenters. The number of hydrogen-bond donors (Lipinski definition) is 4. The molecule has 5 N–H and O–H groups in total. The van der Waals surface area contributed by atoms with Gasteiger partial charge in [-0.25, -0.2) is 4.79 Å². The summed E-state index contributed by atoms with van der Waals surface area (Å²) in [7, 11) is 1.76. The Balaban J connectivity index is 1.75. The third-order valence-corrected chi connectivity index (χ3v) is 6.06. The summed E-state index contributed by atoms with van der Waals surface area (Å²) in [6.45, 7) is -0.179. The van der Waals surface area contributed by atoms with E-state index in [0.717, 1.165) is 16.7 Å². The van der Waals surface area contributed by atoms with E-state index in [2.05, 4.69) is 20.5 Å². The van der Waals surface area contributed by atoms with Gasteiger partial charge in [0.1, 0.15) is 23.1 Å². The van der Waals surface area contributed by atoms with Gasteiger partial charge in [-0.3, -0.25) is 9.48 Å². The van der Waals surface area contributed by atoms with Crippen molar-refractivity contribution in [3.8, 4) is 0 Å². The molecule has 1 atom stereocenters. The SMILES string of the molecule is Cn1ncc(NC(=O)[C@@H](O)CCOC(N)=O)c1NC(c1ccccc1)(c1ccccc1)c1ccccc1. The average molecular weight is 500 g/mol. The molecule has 0 saturated carbocycles. The number of nitrogens with two attached hydrogens (primary N) is 1. The third kappa shape index (κ3) is 5.62. The summed E-state index contributed by atoms with van der Waals surface area (Å²) < 4.78 is 6.25. The van der Waals surface area contributed by atoms with Gasteiger partial charge >= 0.3 is 6.09 Å². The molecule has 4 rings (SSSR count). The molecule has 1 aromatic heterocycles. The first-order chi connectivity index (χ1) is 17.9. The van der Waals surface area contributed by atoms with E-state index >= 15 is 0 Å². The molecule has 2 amide bonds.